The molecular formula is C25H19BrClN3O2S. The van der Waals surface area contributed by atoms with E-state index in [2.05, 4.69) is 32.3 Å². The number of hydrogen-bond acceptors (Lipinski definition) is 4. The zero-order chi connectivity index (χ0) is 23.1. The van der Waals surface area contributed by atoms with E-state index >= 15 is 0 Å². The highest BCUT2D eigenvalue weighted by Gasteiger charge is 2.43. The molecule has 8 heteroatoms. The number of thiocarbonyl (C=S) groups is 1. The Kier molecular flexibility index (Phi) is 5.86. The SMILES string of the molecule is Cc1ccc(-c2ccc([C@H]3[C@@H](c4ccccn4)NC(=S)N3c3cc(Cl)ccc3O)o2)c(Br)c1. The number of aromatic hydroxyl groups is 1. The van der Waals surface area contributed by atoms with Crippen LogP contribution in [-0.2, 0) is 0 Å². The molecule has 0 amide bonds. The molecule has 2 N–H and O–H groups in total. The fourth-order valence-corrected chi connectivity index (χ4v) is 5.26. The molecule has 0 bridgehead atoms. The van der Waals surface area contributed by atoms with Crippen LogP contribution >= 0.6 is 39.7 Å². The third-order valence-electron chi connectivity index (χ3n) is 5.60. The Bertz CT molecular complexity index is 1340. The van der Waals surface area contributed by atoms with Gasteiger partial charge < -0.3 is 19.7 Å². The van der Waals surface area contributed by atoms with Gasteiger partial charge in [0.25, 0.3) is 0 Å². The van der Waals surface area contributed by atoms with Gasteiger partial charge in [-0.25, -0.2) is 0 Å². The monoisotopic (exact) mass is 539 g/mol. The number of nitrogens with one attached hydrogen (secondary N) is 1. The van der Waals surface area contributed by atoms with Crippen LogP contribution in [0.15, 0.2) is 81.8 Å². The average Bonchev–Trinajstić information content (AvgIpc) is 3.40. The van der Waals surface area contributed by atoms with Crippen LogP contribution in [0.2, 0.25) is 5.02 Å². The molecule has 1 saturated heterocycles. The van der Waals surface area contributed by atoms with Gasteiger partial charge >= 0.3 is 0 Å². The second-order valence-electron chi connectivity index (χ2n) is 7.81. The van der Waals surface area contributed by atoms with Gasteiger partial charge in [0, 0.05) is 21.3 Å². The van der Waals surface area contributed by atoms with E-state index in [1.54, 1.807) is 24.4 Å². The Morgan fingerprint density at radius 2 is 1.97 bits per heavy atom. The summed E-state index contributed by atoms with van der Waals surface area (Å²) in [6.45, 7) is 2.04. The van der Waals surface area contributed by atoms with Gasteiger partial charge in [-0.2, -0.15) is 0 Å². The fourth-order valence-electron chi connectivity index (χ4n) is 4.07. The summed E-state index contributed by atoms with van der Waals surface area (Å²) in [5, 5.41) is 14.9. The summed E-state index contributed by atoms with van der Waals surface area (Å²) in [5.74, 6) is 1.48. The van der Waals surface area contributed by atoms with Gasteiger partial charge in [0.05, 0.1) is 17.4 Å². The molecule has 0 unspecified atom stereocenters. The lowest BCUT2D eigenvalue weighted by Gasteiger charge is -2.26. The number of rotatable bonds is 4. The summed E-state index contributed by atoms with van der Waals surface area (Å²) in [7, 11) is 0. The summed E-state index contributed by atoms with van der Waals surface area (Å²) < 4.78 is 7.34. The Balaban J connectivity index is 1.63. The van der Waals surface area contributed by atoms with E-state index in [0.29, 0.717) is 21.6 Å². The number of benzene rings is 2. The predicted molar refractivity (Wildman–Crippen MR) is 138 cm³/mol. The summed E-state index contributed by atoms with van der Waals surface area (Å²) in [6, 6.07) is 19.9. The van der Waals surface area contributed by atoms with Crippen LogP contribution < -0.4 is 10.2 Å². The normalized spacial score (nSPS) is 17.9. The van der Waals surface area contributed by atoms with Crippen molar-refractivity contribution in [1.29, 1.82) is 0 Å². The molecule has 3 heterocycles. The van der Waals surface area contributed by atoms with E-state index in [1.165, 1.54) is 0 Å². The zero-order valence-electron chi connectivity index (χ0n) is 17.5. The van der Waals surface area contributed by atoms with Crippen molar-refractivity contribution in [2.45, 2.75) is 19.0 Å². The fraction of sp³-hybridized carbons (Fsp3) is 0.120. The van der Waals surface area contributed by atoms with Crippen molar-refractivity contribution in [2.24, 2.45) is 0 Å². The second-order valence-corrected chi connectivity index (χ2v) is 9.49. The van der Waals surface area contributed by atoms with Gasteiger partial charge in [-0.1, -0.05) is 39.7 Å². The molecule has 5 rings (SSSR count). The quantitative estimate of drug-likeness (QED) is 0.273. The minimum atomic E-state index is -0.394. The van der Waals surface area contributed by atoms with E-state index in [-0.39, 0.29) is 11.8 Å². The molecule has 2 atom stereocenters. The van der Waals surface area contributed by atoms with E-state index in [1.807, 2.05) is 54.3 Å². The lowest BCUT2D eigenvalue weighted by atomic mass is 10.0. The van der Waals surface area contributed by atoms with Gasteiger partial charge in [0.15, 0.2) is 5.11 Å². The maximum atomic E-state index is 10.6. The number of aryl methyl sites for hydroxylation is 1. The van der Waals surface area contributed by atoms with Gasteiger partial charge in [-0.05, 0) is 79.3 Å². The first-order chi connectivity index (χ1) is 15.9. The number of halogens is 2. The molecule has 1 aliphatic heterocycles. The molecule has 0 radical (unpaired) electrons. The molecule has 4 aromatic rings. The number of phenols is 1. The lowest BCUT2D eigenvalue weighted by molar-refractivity contribution is 0.434. The van der Waals surface area contributed by atoms with Crippen LogP contribution in [0.5, 0.6) is 5.75 Å². The largest absolute Gasteiger partial charge is 0.506 e. The molecule has 0 aliphatic carbocycles. The van der Waals surface area contributed by atoms with Crippen molar-refractivity contribution in [2.75, 3.05) is 4.90 Å². The molecular weight excluding hydrogens is 522 g/mol. The van der Waals surface area contributed by atoms with Crippen LogP contribution in [0.3, 0.4) is 0 Å². The highest BCUT2D eigenvalue weighted by atomic mass is 79.9. The van der Waals surface area contributed by atoms with Crippen molar-refractivity contribution < 1.29 is 9.52 Å². The van der Waals surface area contributed by atoms with Gasteiger partial charge in [0.2, 0.25) is 0 Å². The predicted octanol–water partition coefficient (Wildman–Crippen LogP) is 6.95. The summed E-state index contributed by atoms with van der Waals surface area (Å²) in [5.41, 5.74) is 3.41. The number of anilines is 1. The van der Waals surface area contributed by atoms with Gasteiger partial charge in [-0.3, -0.25) is 4.98 Å². The van der Waals surface area contributed by atoms with E-state index in [0.717, 1.165) is 27.1 Å². The minimum Gasteiger partial charge on any atom is -0.506 e. The average molecular weight is 541 g/mol. The van der Waals surface area contributed by atoms with Gasteiger partial charge in [-0.15, -0.1) is 0 Å². The molecule has 2 aromatic carbocycles. The van der Waals surface area contributed by atoms with Crippen molar-refractivity contribution in [3.63, 3.8) is 0 Å². The van der Waals surface area contributed by atoms with Crippen LogP contribution in [-0.4, -0.2) is 15.2 Å². The number of pyridine rings is 1. The van der Waals surface area contributed by atoms with Crippen LogP contribution in [0.4, 0.5) is 5.69 Å². The maximum absolute atomic E-state index is 10.6. The Morgan fingerprint density at radius 1 is 1.12 bits per heavy atom. The molecule has 33 heavy (non-hydrogen) atoms. The topological polar surface area (TPSA) is 61.5 Å². The highest BCUT2D eigenvalue weighted by molar-refractivity contribution is 9.10. The van der Waals surface area contributed by atoms with Crippen LogP contribution in [0.25, 0.3) is 11.3 Å². The smallest absolute Gasteiger partial charge is 0.174 e. The first-order valence-corrected chi connectivity index (χ1v) is 11.9. The van der Waals surface area contributed by atoms with Crippen molar-refractivity contribution in [3.8, 4) is 17.1 Å². The van der Waals surface area contributed by atoms with E-state index < -0.39 is 6.04 Å². The molecule has 166 valence electrons. The Morgan fingerprint density at radius 3 is 2.73 bits per heavy atom. The number of nitrogens with zero attached hydrogens (tertiary/aromatic N) is 2. The third-order valence-corrected chi connectivity index (χ3v) is 6.81. The molecule has 0 spiro atoms. The third kappa shape index (κ3) is 4.12. The molecule has 1 fully saturated rings. The Labute approximate surface area is 210 Å². The first kappa shape index (κ1) is 21.9. The molecule has 5 nitrogen and oxygen atoms in total. The molecule has 1 aliphatic rings. The van der Waals surface area contributed by atoms with Crippen molar-refractivity contribution in [1.82, 2.24) is 10.3 Å². The zero-order valence-corrected chi connectivity index (χ0v) is 20.7. The van der Waals surface area contributed by atoms with E-state index in [4.69, 9.17) is 28.2 Å². The first-order valence-electron chi connectivity index (χ1n) is 10.3. The van der Waals surface area contributed by atoms with Crippen LogP contribution in [0.1, 0.15) is 29.1 Å². The minimum absolute atomic E-state index is 0.0725. The van der Waals surface area contributed by atoms with Crippen molar-refractivity contribution >= 4 is 50.5 Å². The van der Waals surface area contributed by atoms with Crippen molar-refractivity contribution in [3.05, 3.63) is 99.4 Å². The van der Waals surface area contributed by atoms with E-state index in [9.17, 15) is 5.11 Å². The lowest BCUT2D eigenvalue weighted by Crippen LogP contribution is -2.29. The van der Waals surface area contributed by atoms with Gasteiger partial charge in [0.1, 0.15) is 23.3 Å². The standard InChI is InChI=1S/C25H19BrClN3O2S/c1-14-5-7-16(17(26)12-14)21-9-10-22(32-21)24-23(18-4-2-3-11-28-18)29-25(33)30(24)19-13-15(27)6-8-20(19)31/h2-13,23-24,31H,1H3,(H,29,33)/t23-,24+/m1/s1. The summed E-state index contributed by atoms with van der Waals surface area (Å²) >= 11 is 15.6. The summed E-state index contributed by atoms with van der Waals surface area (Å²) in [6.07, 6.45) is 1.74. The maximum Gasteiger partial charge on any atom is 0.174 e. The molecule has 2 aromatic heterocycles. The number of hydrogen-bond donors (Lipinski definition) is 2. The Hall–Kier alpha value is -2.87. The summed E-state index contributed by atoms with van der Waals surface area (Å²) in [4.78, 5) is 6.38. The highest BCUT2D eigenvalue weighted by Crippen LogP contribution is 2.46. The number of phenolic OH excluding ortho intramolecular Hbond substituents is 1. The number of aromatic nitrogens is 1. The molecule has 0 saturated carbocycles. The second kappa shape index (κ2) is 8.82. The van der Waals surface area contributed by atoms with Crippen LogP contribution in [0, 0.1) is 6.92 Å². The number of furan rings is 1.